The Hall–Kier alpha value is -2.69. The van der Waals surface area contributed by atoms with Gasteiger partial charge in [0.1, 0.15) is 17.5 Å². The molecule has 0 spiro atoms. The summed E-state index contributed by atoms with van der Waals surface area (Å²) in [5, 5.41) is 3.39. The molecule has 5 nitrogen and oxygen atoms in total. The summed E-state index contributed by atoms with van der Waals surface area (Å²) in [7, 11) is 0. The van der Waals surface area contributed by atoms with Crippen LogP contribution < -0.4 is 5.32 Å². The molecule has 4 rings (SSSR count). The Bertz CT molecular complexity index is 794. The van der Waals surface area contributed by atoms with Crippen LogP contribution in [-0.4, -0.2) is 19.5 Å². The van der Waals surface area contributed by atoms with Gasteiger partial charge >= 0.3 is 0 Å². The highest BCUT2D eigenvalue weighted by atomic mass is 15.1. The normalized spacial score (nSPS) is 13.0. The lowest BCUT2D eigenvalue weighted by molar-refractivity contribution is 0.713. The van der Waals surface area contributed by atoms with Crippen molar-refractivity contribution in [2.75, 3.05) is 5.32 Å². The molecule has 0 amide bonds. The number of nitrogens with zero attached hydrogens (tertiary/aromatic N) is 4. The fourth-order valence-electron chi connectivity index (χ4n) is 3.00. The third kappa shape index (κ3) is 3.08. The van der Waals surface area contributed by atoms with E-state index >= 15 is 0 Å². The second-order valence-corrected chi connectivity index (χ2v) is 5.79. The van der Waals surface area contributed by atoms with Crippen LogP contribution in [0.4, 0.5) is 5.82 Å². The second kappa shape index (κ2) is 6.20. The van der Waals surface area contributed by atoms with Crippen LogP contribution in [0.2, 0.25) is 0 Å². The quantitative estimate of drug-likeness (QED) is 0.787. The number of benzene rings is 1. The molecule has 0 atom stereocenters. The molecule has 3 aromatic rings. The molecule has 0 saturated heterocycles. The van der Waals surface area contributed by atoms with Gasteiger partial charge in [-0.1, -0.05) is 30.3 Å². The third-order valence-electron chi connectivity index (χ3n) is 4.16. The van der Waals surface area contributed by atoms with E-state index in [1.165, 1.54) is 23.5 Å². The topological polar surface area (TPSA) is 55.6 Å². The Morgan fingerprint density at radius 3 is 2.91 bits per heavy atom. The number of nitrogens with one attached hydrogen (secondary N) is 1. The van der Waals surface area contributed by atoms with Gasteiger partial charge in [0.2, 0.25) is 0 Å². The van der Waals surface area contributed by atoms with Gasteiger partial charge in [-0.2, -0.15) is 0 Å². The van der Waals surface area contributed by atoms with Crippen molar-refractivity contribution in [3.05, 3.63) is 71.7 Å². The summed E-state index contributed by atoms with van der Waals surface area (Å²) in [6.07, 6.45) is 6.82. The molecular formula is C18H19N5. The fourth-order valence-corrected chi connectivity index (χ4v) is 3.00. The van der Waals surface area contributed by atoms with E-state index in [9.17, 15) is 0 Å². The summed E-state index contributed by atoms with van der Waals surface area (Å²) in [6, 6.07) is 12.2. The minimum Gasteiger partial charge on any atom is -0.364 e. The average molecular weight is 305 g/mol. The molecule has 23 heavy (non-hydrogen) atoms. The predicted molar refractivity (Wildman–Crippen MR) is 89.2 cm³/mol. The summed E-state index contributed by atoms with van der Waals surface area (Å²) in [5.74, 6) is 2.90. The van der Waals surface area contributed by atoms with E-state index in [1.54, 1.807) is 0 Å². The maximum absolute atomic E-state index is 4.61. The van der Waals surface area contributed by atoms with Gasteiger partial charge in [0.05, 0.1) is 18.4 Å². The van der Waals surface area contributed by atoms with Crippen LogP contribution in [0.3, 0.4) is 0 Å². The Morgan fingerprint density at radius 1 is 1.09 bits per heavy atom. The molecule has 1 aliphatic rings. The van der Waals surface area contributed by atoms with Gasteiger partial charge in [0, 0.05) is 25.6 Å². The van der Waals surface area contributed by atoms with Crippen molar-refractivity contribution in [3.8, 4) is 0 Å². The van der Waals surface area contributed by atoms with Crippen LogP contribution in [-0.2, 0) is 25.9 Å². The molecule has 0 fully saturated rings. The number of hydrogen-bond acceptors (Lipinski definition) is 4. The molecule has 1 N–H and O–H groups in total. The van der Waals surface area contributed by atoms with Gasteiger partial charge in [0.15, 0.2) is 0 Å². The monoisotopic (exact) mass is 305 g/mol. The third-order valence-corrected chi connectivity index (χ3v) is 4.16. The van der Waals surface area contributed by atoms with Gasteiger partial charge in [0.25, 0.3) is 0 Å². The number of rotatable bonds is 5. The Labute approximate surface area is 135 Å². The SMILES string of the molecule is c1ccc(Cc2nccc(NCc3cnc4n3CCC4)n2)cc1. The van der Waals surface area contributed by atoms with E-state index < -0.39 is 0 Å². The lowest BCUT2D eigenvalue weighted by Crippen LogP contribution is -2.08. The molecule has 1 aromatic carbocycles. The summed E-state index contributed by atoms with van der Waals surface area (Å²) in [6.45, 7) is 1.82. The molecule has 2 aromatic heterocycles. The molecule has 1 aliphatic heterocycles. The standard InChI is InChI=1S/C18H19N5/c1-2-5-14(6-3-1)11-17-19-9-8-16(22-17)20-12-15-13-21-18-7-4-10-23(15)18/h1-3,5-6,8-9,13H,4,7,10-12H2,(H,19,20,22). The molecule has 116 valence electrons. The largest absolute Gasteiger partial charge is 0.364 e. The zero-order valence-corrected chi connectivity index (χ0v) is 12.9. The Balaban J connectivity index is 1.44. The summed E-state index contributed by atoms with van der Waals surface area (Å²) < 4.78 is 2.30. The summed E-state index contributed by atoms with van der Waals surface area (Å²) in [5.41, 5.74) is 2.44. The number of aryl methyl sites for hydroxylation is 1. The van der Waals surface area contributed by atoms with E-state index in [2.05, 4.69) is 37.0 Å². The van der Waals surface area contributed by atoms with Gasteiger partial charge in [-0.3, -0.25) is 0 Å². The van der Waals surface area contributed by atoms with Gasteiger partial charge < -0.3 is 9.88 Å². The van der Waals surface area contributed by atoms with Crippen LogP contribution in [0.1, 0.15) is 29.3 Å². The first-order valence-corrected chi connectivity index (χ1v) is 8.01. The fraction of sp³-hybridized carbons (Fsp3) is 0.278. The van der Waals surface area contributed by atoms with E-state index in [0.29, 0.717) is 0 Å². The van der Waals surface area contributed by atoms with Gasteiger partial charge in [-0.05, 0) is 18.1 Å². The lowest BCUT2D eigenvalue weighted by Gasteiger charge is -2.08. The molecule has 0 saturated carbocycles. The van der Waals surface area contributed by atoms with Crippen LogP contribution in [0.25, 0.3) is 0 Å². The lowest BCUT2D eigenvalue weighted by atomic mass is 10.1. The molecule has 5 heteroatoms. The number of aromatic nitrogens is 4. The Kier molecular flexibility index (Phi) is 3.76. The van der Waals surface area contributed by atoms with Crippen molar-refractivity contribution in [2.24, 2.45) is 0 Å². The first-order valence-electron chi connectivity index (χ1n) is 8.01. The first-order chi connectivity index (χ1) is 11.4. The van der Waals surface area contributed by atoms with E-state index in [-0.39, 0.29) is 0 Å². The number of hydrogen-bond donors (Lipinski definition) is 1. The van der Waals surface area contributed by atoms with E-state index in [0.717, 1.165) is 37.6 Å². The molecule has 3 heterocycles. The summed E-state index contributed by atoms with van der Waals surface area (Å²) in [4.78, 5) is 13.5. The van der Waals surface area contributed by atoms with E-state index in [4.69, 9.17) is 0 Å². The maximum Gasteiger partial charge on any atom is 0.135 e. The second-order valence-electron chi connectivity index (χ2n) is 5.79. The van der Waals surface area contributed by atoms with Crippen LogP contribution in [0.5, 0.6) is 0 Å². The number of fused-ring (bicyclic) bond motifs is 1. The van der Waals surface area contributed by atoms with Crippen molar-refractivity contribution < 1.29 is 0 Å². The minimum atomic E-state index is 0.745. The zero-order valence-electron chi connectivity index (χ0n) is 12.9. The molecule has 0 bridgehead atoms. The Morgan fingerprint density at radius 2 is 2.00 bits per heavy atom. The molecule has 0 unspecified atom stereocenters. The smallest absolute Gasteiger partial charge is 0.135 e. The van der Waals surface area contributed by atoms with Crippen molar-refractivity contribution in [1.82, 2.24) is 19.5 Å². The van der Waals surface area contributed by atoms with Gasteiger partial charge in [-0.25, -0.2) is 15.0 Å². The molecular weight excluding hydrogens is 286 g/mol. The molecule has 0 radical (unpaired) electrons. The highest BCUT2D eigenvalue weighted by molar-refractivity contribution is 5.34. The van der Waals surface area contributed by atoms with Gasteiger partial charge in [-0.15, -0.1) is 0 Å². The maximum atomic E-state index is 4.61. The summed E-state index contributed by atoms with van der Waals surface area (Å²) >= 11 is 0. The zero-order chi connectivity index (χ0) is 15.5. The number of imidazole rings is 1. The van der Waals surface area contributed by atoms with Crippen molar-refractivity contribution in [3.63, 3.8) is 0 Å². The highest BCUT2D eigenvalue weighted by Gasteiger charge is 2.15. The molecule has 0 aliphatic carbocycles. The predicted octanol–water partition coefficient (Wildman–Crippen LogP) is 2.82. The van der Waals surface area contributed by atoms with Crippen molar-refractivity contribution in [1.29, 1.82) is 0 Å². The number of anilines is 1. The minimum absolute atomic E-state index is 0.745. The first kappa shape index (κ1) is 13.9. The van der Waals surface area contributed by atoms with Crippen LogP contribution in [0, 0.1) is 0 Å². The average Bonchev–Trinajstić information content (AvgIpc) is 3.18. The highest BCUT2D eigenvalue weighted by Crippen LogP contribution is 2.17. The van der Waals surface area contributed by atoms with Crippen molar-refractivity contribution >= 4 is 5.82 Å². The van der Waals surface area contributed by atoms with Crippen LogP contribution in [0.15, 0.2) is 48.8 Å². The van der Waals surface area contributed by atoms with E-state index in [1.807, 2.05) is 36.7 Å². The van der Waals surface area contributed by atoms with Crippen molar-refractivity contribution in [2.45, 2.75) is 32.4 Å². The van der Waals surface area contributed by atoms with Crippen LogP contribution >= 0.6 is 0 Å².